The Kier molecular flexibility index (Phi) is 4.55. The first-order valence-corrected chi connectivity index (χ1v) is 7.79. The molecule has 0 radical (unpaired) electrons. The minimum Gasteiger partial charge on any atom is -0.306 e. The number of nitrogens with one attached hydrogen (secondary N) is 1. The standard InChI is InChI=1S/C17H12Cl2FN3O/c1-10-8-16(23(22-10)15-5-3-2-4-14(15)20)21-17(24)12-7-6-11(18)9-13(12)19/h2-9H,1H3,(H,21,24). The van der Waals surface area contributed by atoms with Crippen molar-refractivity contribution in [2.45, 2.75) is 6.92 Å². The van der Waals surface area contributed by atoms with Crippen molar-refractivity contribution in [2.75, 3.05) is 5.32 Å². The smallest absolute Gasteiger partial charge is 0.258 e. The van der Waals surface area contributed by atoms with Crippen molar-refractivity contribution >= 4 is 34.9 Å². The van der Waals surface area contributed by atoms with E-state index in [4.69, 9.17) is 23.2 Å². The van der Waals surface area contributed by atoms with Crippen LogP contribution in [0.15, 0.2) is 48.5 Å². The Morgan fingerprint density at radius 2 is 1.92 bits per heavy atom. The molecule has 0 spiro atoms. The van der Waals surface area contributed by atoms with Crippen molar-refractivity contribution < 1.29 is 9.18 Å². The van der Waals surface area contributed by atoms with E-state index in [2.05, 4.69) is 10.4 Å². The van der Waals surface area contributed by atoms with Crippen molar-refractivity contribution in [2.24, 2.45) is 0 Å². The zero-order chi connectivity index (χ0) is 17.3. The summed E-state index contributed by atoms with van der Waals surface area (Å²) in [5, 5.41) is 7.60. The minimum atomic E-state index is -0.444. The lowest BCUT2D eigenvalue weighted by Crippen LogP contribution is -2.16. The Morgan fingerprint density at radius 1 is 1.17 bits per heavy atom. The molecule has 0 aliphatic heterocycles. The first-order chi connectivity index (χ1) is 11.5. The number of hydrogen-bond donors (Lipinski definition) is 1. The van der Waals surface area contributed by atoms with Gasteiger partial charge in [-0.1, -0.05) is 35.3 Å². The number of anilines is 1. The highest BCUT2D eigenvalue weighted by atomic mass is 35.5. The third-order valence-electron chi connectivity index (χ3n) is 3.33. The number of aryl methyl sites for hydroxylation is 1. The van der Waals surface area contributed by atoms with E-state index in [9.17, 15) is 9.18 Å². The van der Waals surface area contributed by atoms with Crippen LogP contribution in [0.3, 0.4) is 0 Å². The van der Waals surface area contributed by atoms with Crippen molar-refractivity contribution in [1.29, 1.82) is 0 Å². The second kappa shape index (κ2) is 6.63. The molecule has 3 aromatic rings. The van der Waals surface area contributed by atoms with Gasteiger partial charge in [-0.3, -0.25) is 4.79 Å². The highest BCUT2D eigenvalue weighted by Crippen LogP contribution is 2.24. The fourth-order valence-electron chi connectivity index (χ4n) is 2.25. The molecule has 0 aliphatic carbocycles. The summed E-state index contributed by atoms with van der Waals surface area (Å²) in [7, 11) is 0. The Bertz CT molecular complexity index is 924. The summed E-state index contributed by atoms with van der Waals surface area (Å²) < 4.78 is 15.4. The maximum Gasteiger partial charge on any atom is 0.258 e. The SMILES string of the molecule is Cc1cc(NC(=O)c2ccc(Cl)cc2Cl)n(-c2ccccc2F)n1. The number of rotatable bonds is 3. The lowest BCUT2D eigenvalue weighted by Gasteiger charge is -2.10. The summed E-state index contributed by atoms with van der Waals surface area (Å²) in [6, 6.07) is 12.4. The molecule has 4 nitrogen and oxygen atoms in total. The molecule has 1 aromatic heterocycles. The molecule has 7 heteroatoms. The zero-order valence-corrected chi connectivity index (χ0v) is 14.1. The van der Waals surface area contributed by atoms with Crippen LogP contribution in [0.4, 0.5) is 10.2 Å². The second-order valence-corrected chi connectivity index (χ2v) is 5.96. The van der Waals surface area contributed by atoms with Crippen LogP contribution in [0.5, 0.6) is 0 Å². The van der Waals surface area contributed by atoms with E-state index in [1.807, 2.05) is 0 Å². The van der Waals surface area contributed by atoms with Crippen molar-refractivity contribution in [3.8, 4) is 5.69 Å². The number of nitrogens with zero attached hydrogens (tertiary/aromatic N) is 2. The largest absolute Gasteiger partial charge is 0.306 e. The fraction of sp³-hybridized carbons (Fsp3) is 0.0588. The molecule has 2 aromatic carbocycles. The lowest BCUT2D eigenvalue weighted by molar-refractivity contribution is 0.102. The maximum absolute atomic E-state index is 14.0. The van der Waals surface area contributed by atoms with E-state index < -0.39 is 11.7 Å². The van der Waals surface area contributed by atoms with Crippen molar-refractivity contribution in [3.63, 3.8) is 0 Å². The van der Waals surface area contributed by atoms with E-state index in [-0.39, 0.29) is 16.3 Å². The summed E-state index contributed by atoms with van der Waals surface area (Å²) in [6.07, 6.45) is 0. The Morgan fingerprint density at radius 3 is 2.62 bits per heavy atom. The number of carbonyl (C=O) groups is 1. The molecule has 0 aliphatic rings. The third-order valence-corrected chi connectivity index (χ3v) is 3.88. The molecule has 0 saturated heterocycles. The molecule has 0 bridgehead atoms. The summed E-state index contributed by atoms with van der Waals surface area (Å²) in [6.45, 7) is 1.75. The average molecular weight is 364 g/mol. The molecular formula is C17H12Cl2FN3O. The van der Waals surface area contributed by atoms with Gasteiger partial charge in [-0.2, -0.15) is 5.10 Å². The van der Waals surface area contributed by atoms with Crippen LogP contribution in [0, 0.1) is 12.7 Å². The first kappa shape index (κ1) is 16.5. The average Bonchev–Trinajstić information content (AvgIpc) is 2.87. The van der Waals surface area contributed by atoms with Crippen LogP contribution in [0.25, 0.3) is 5.69 Å². The topological polar surface area (TPSA) is 46.9 Å². The highest BCUT2D eigenvalue weighted by molar-refractivity contribution is 6.37. The van der Waals surface area contributed by atoms with Crippen LogP contribution < -0.4 is 5.32 Å². The van der Waals surface area contributed by atoms with Gasteiger partial charge in [0.1, 0.15) is 17.3 Å². The predicted octanol–water partition coefficient (Wildman–Crippen LogP) is 4.88. The van der Waals surface area contributed by atoms with Crippen LogP contribution in [0.1, 0.15) is 16.1 Å². The molecule has 1 N–H and O–H groups in total. The Balaban J connectivity index is 1.96. The molecule has 24 heavy (non-hydrogen) atoms. The summed E-state index contributed by atoms with van der Waals surface area (Å²) in [5.41, 5.74) is 1.14. The van der Waals surface area contributed by atoms with Gasteiger partial charge in [-0.15, -0.1) is 0 Å². The maximum atomic E-state index is 14.0. The lowest BCUT2D eigenvalue weighted by atomic mass is 10.2. The number of amides is 1. The predicted molar refractivity (Wildman–Crippen MR) is 92.7 cm³/mol. The number of benzene rings is 2. The molecule has 1 amide bonds. The van der Waals surface area contributed by atoms with Crippen LogP contribution in [0.2, 0.25) is 10.0 Å². The monoisotopic (exact) mass is 363 g/mol. The van der Waals surface area contributed by atoms with Gasteiger partial charge in [0.2, 0.25) is 0 Å². The molecule has 0 unspecified atom stereocenters. The van der Waals surface area contributed by atoms with Gasteiger partial charge in [0, 0.05) is 11.1 Å². The summed E-state index contributed by atoms with van der Waals surface area (Å²) in [5.74, 6) is -0.539. The quantitative estimate of drug-likeness (QED) is 0.720. The van der Waals surface area contributed by atoms with E-state index >= 15 is 0 Å². The normalized spacial score (nSPS) is 10.7. The molecule has 1 heterocycles. The second-order valence-electron chi connectivity index (χ2n) is 5.11. The number of hydrogen-bond acceptors (Lipinski definition) is 2. The van der Waals surface area contributed by atoms with Gasteiger partial charge < -0.3 is 5.32 Å². The van der Waals surface area contributed by atoms with Gasteiger partial charge in [0.05, 0.1) is 16.3 Å². The zero-order valence-electron chi connectivity index (χ0n) is 12.6. The third kappa shape index (κ3) is 3.27. The van der Waals surface area contributed by atoms with E-state index in [1.54, 1.807) is 37.3 Å². The van der Waals surface area contributed by atoms with Crippen LogP contribution in [-0.4, -0.2) is 15.7 Å². The summed E-state index contributed by atoms with van der Waals surface area (Å²) >= 11 is 11.9. The van der Waals surface area contributed by atoms with E-state index in [1.165, 1.54) is 22.9 Å². The molecule has 3 rings (SSSR count). The molecule has 0 atom stereocenters. The van der Waals surface area contributed by atoms with Crippen molar-refractivity contribution in [1.82, 2.24) is 9.78 Å². The van der Waals surface area contributed by atoms with Gasteiger partial charge in [-0.05, 0) is 37.3 Å². The summed E-state index contributed by atoms with van der Waals surface area (Å²) in [4.78, 5) is 12.5. The molecule has 0 saturated carbocycles. The van der Waals surface area contributed by atoms with E-state index in [0.717, 1.165) is 0 Å². The van der Waals surface area contributed by atoms with Crippen LogP contribution >= 0.6 is 23.2 Å². The number of halogens is 3. The van der Waals surface area contributed by atoms with Gasteiger partial charge in [0.25, 0.3) is 5.91 Å². The Labute approximate surface area is 147 Å². The van der Waals surface area contributed by atoms with Gasteiger partial charge in [0.15, 0.2) is 0 Å². The Hall–Kier alpha value is -2.37. The van der Waals surface area contributed by atoms with Crippen LogP contribution in [-0.2, 0) is 0 Å². The number of carbonyl (C=O) groups excluding carboxylic acids is 1. The number of aromatic nitrogens is 2. The number of para-hydroxylation sites is 1. The van der Waals surface area contributed by atoms with Gasteiger partial charge in [-0.25, -0.2) is 9.07 Å². The van der Waals surface area contributed by atoms with Crippen molar-refractivity contribution in [3.05, 3.63) is 75.7 Å². The van der Waals surface area contributed by atoms with Gasteiger partial charge >= 0.3 is 0 Å². The molecule has 122 valence electrons. The van der Waals surface area contributed by atoms with E-state index in [0.29, 0.717) is 16.5 Å². The first-order valence-electron chi connectivity index (χ1n) is 7.03. The fourth-order valence-corrected chi connectivity index (χ4v) is 2.75. The minimum absolute atomic E-state index is 0.230. The molecular weight excluding hydrogens is 352 g/mol. The highest BCUT2D eigenvalue weighted by Gasteiger charge is 2.16. The molecule has 0 fully saturated rings.